The van der Waals surface area contributed by atoms with Gasteiger partial charge in [0.25, 0.3) is 0 Å². The standard InChI is InChI=1S/C11H14Cl2/c1-11(13)7-3-2-4-8-5-6-9(12)10(8)11/h2-3,5-6,8-10H,4,7H2,1H3. The summed E-state index contributed by atoms with van der Waals surface area (Å²) in [5.41, 5.74) is 0. The molecule has 0 fully saturated rings. The topological polar surface area (TPSA) is 0 Å². The van der Waals surface area contributed by atoms with Crippen LogP contribution in [0.4, 0.5) is 0 Å². The lowest BCUT2D eigenvalue weighted by molar-refractivity contribution is 0.340. The predicted octanol–water partition coefficient (Wildman–Crippen LogP) is 3.74. The summed E-state index contributed by atoms with van der Waals surface area (Å²) in [5, 5.41) is 0.118. The normalized spacial score (nSPS) is 49.0. The van der Waals surface area contributed by atoms with E-state index < -0.39 is 0 Å². The summed E-state index contributed by atoms with van der Waals surface area (Å²) in [5.74, 6) is 0.939. The highest BCUT2D eigenvalue weighted by molar-refractivity contribution is 6.26. The van der Waals surface area contributed by atoms with Gasteiger partial charge in [0, 0.05) is 5.92 Å². The van der Waals surface area contributed by atoms with Crippen LogP contribution in [-0.4, -0.2) is 10.3 Å². The van der Waals surface area contributed by atoms with Crippen LogP contribution in [0.1, 0.15) is 19.8 Å². The number of hydrogen-bond acceptors (Lipinski definition) is 0. The van der Waals surface area contributed by atoms with Crippen LogP contribution >= 0.6 is 23.2 Å². The molecule has 0 nitrogen and oxygen atoms in total. The Bertz CT molecular complexity index is 253. The summed E-state index contributed by atoms with van der Waals surface area (Å²) in [6, 6.07) is 0. The van der Waals surface area contributed by atoms with Crippen LogP contribution in [0, 0.1) is 11.8 Å². The summed E-state index contributed by atoms with van der Waals surface area (Å²) in [7, 11) is 0. The van der Waals surface area contributed by atoms with Crippen molar-refractivity contribution in [3.05, 3.63) is 24.3 Å². The molecule has 2 rings (SSSR count). The zero-order valence-electron chi connectivity index (χ0n) is 7.71. The Morgan fingerprint density at radius 3 is 2.85 bits per heavy atom. The second-order valence-corrected chi connectivity index (χ2v) is 5.58. The first-order valence-electron chi connectivity index (χ1n) is 4.77. The fourth-order valence-corrected chi connectivity index (χ4v) is 3.43. The van der Waals surface area contributed by atoms with Gasteiger partial charge in [-0.1, -0.05) is 24.3 Å². The van der Waals surface area contributed by atoms with E-state index in [4.69, 9.17) is 23.2 Å². The highest BCUT2D eigenvalue weighted by atomic mass is 35.5. The van der Waals surface area contributed by atoms with Gasteiger partial charge in [0.2, 0.25) is 0 Å². The predicted molar refractivity (Wildman–Crippen MR) is 58.4 cm³/mol. The molecule has 0 spiro atoms. The zero-order chi connectivity index (χ0) is 9.47. The van der Waals surface area contributed by atoms with Crippen LogP contribution in [-0.2, 0) is 0 Å². The lowest BCUT2D eigenvalue weighted by Crippen LogP contribution is -2.35. The Morgan fingerprint density at radius 2 is 2.08 bits per heavy atom. The van der Waals surface area contributed by atoms with Crippen molar-refractivity contribution in [1.29, 1.82) is 0 Å². The van der Waals surface area contributed by atoms with Crippen molar-refractivity contribution in [2.45, 2.75) is 30.0 Å². The van der Waals surface area contributed by atoms with Crippen molar-refractivity contribution in [3.63, 3.8) is 0 Å². The van der Waals surface area contributed by atoms with Gasteiger partial charge in [-0.15, -0.1) is 23.2 Å². The van der Waals surface area contributed by atoms with E-state index in [2.05, 4.69) is 31.2 Å². The summed E-state index contributed by atoms with van der Waals surface area (Å²) >= 11 is 12.7. The first kappa shape index (κ1) is 9.61. The van der Waals surface area contributed by atoms with Crippen LogP contribution < -0.4 is 0 Å². The molecular weight excluding hydrogens is 203 g/mol. The number of alkyl halides is 2. The number of fused-ring (bicyclic) bond motifs is 1. The SMILES string of the molecule is CC1(Cl)CC=CCC2C=CC(Cl)C21. The van der Waals surface area contributed by atoms with E-state index in [1.807, 2.05) is 0 Å². The average molecular weight is 217 g/mol. The van der Waals surface area contributed by atoms with Gasteiger partial charge in [-0.3, -0.25) is 0 Å². The third-order valence-corrected chi connectivity index (χ3v) is 3.96. The van der Waals surface area contributed by atoms with Gasteiger partial charge < -0.3 is 0 Å². The van der Waals surface area contributed by atoms with Crippen molar-refractivity contribution < 1.29 is 0 Å². The maximum atomic E-state index is 6.50. The van der Waals surface area contributed by atoms with Gasteiger partial charge in [0.1, 0.15) is 0 Å². The second-order valence-electron chi connectivity index (χ2n) is 4.21. The average Bonchev–Trinajstić information content (AvgIpc) is 2.34. The van der Waals surface area contributed by atoms with Gasteiger partial charge in [-0.05, 0) is 25.7 Å². The number of allylic oxidation sites excluding steroid dienone is 4. The Morgan fingerprint density at radius 1 is 1.31 bits per heavy atom. The molecular formula is C11H14Cl2. The molecule has 0 radical (unpaired) electrons. The number of halogens is 2. The third-order valence-electron chi connectivity index (χ3n) is 3.13. The molecule has 0 heterocycles. The molecule has 0 bridgehead atoms. The van der Waals surface area contributed by atoms with Crippen molar-refractivity contribution >= 4 is 23.2 Å². The quantitative estimate of drug-likeness (QED) is 0.428. The van der Waals surface area contributed by atoms with E-state index in [0.717, 1.165) is 12.8 Å². The van der Waals surface area contributed by atoms with Crippen LogP contribution in [0.3, 0.4) is 0 Å². The molecule has 0 amide bonds. The van der Waals surface area contributed by atoms with E-state index in [1.54, 1.807) is 0 Å². The van der Waals surface area contributed by atoms with E-state index in [9.17, 15) is 0 Å². The highest BCUT2D eigenvalue weighted by Crippen LogP contribution is 2.46. The summed E-state index contributed by atoms with van der Waals surface area (Å²) in [6.07, 6.45) is 10.7. The Balaban J connectivity index is 2.28. The van der Waals surface area contributed by atoms with Crippen molar-refractivity contribution in [3.8, 4) is 0 Å². The molecule has 0 saturated carbocycles. The Kier molecular flexibility index (Phi) is 2.46. The number of hydrogen-bond donors (Lipinski definition) is 0. The molecule has 2 heteroatoms. The smallest absolute Gasteiger partial charge is 0.0566 e. The summed E-state index contributed by atoms with van der Waals surface area (Å²) in [6.45, 7) is 2.10. The van der Waals surface area contributed by atoms with Crippen LogP contribution in [0.15, 0.2) is 24.3 Å². The maximum Gasteiger partial charge on any atom is 0.0566 e. The van der Waals surface area contributed by atoms with Crippen molar-refractivity contribution in [1.82, 2.24) is 0 Å². The summed E-state index contributed by atoms with van der Waals surface area (Å²) in [4.78, 5) is -0.173. The van der Waals surface area contributed by atoms with Gasteiger partial charge in [0.05, 0.1) is 10.3 Å². The molecule has 0 saturated heterocycles. The minimum Gasteiger partial charge on any atom is -0.119 e. The minimum absolute atomic E-state index is 0.118. The molecule has 72 valence electrons. The molecule has 2 aliphatic carbocycles. The minimum atomic E-state index is -0.173. The fraction of sp³-hybridized carbons (Fsp3) is 0.636. The van der Waals surface area contributed by atoms with Crippen LogP contribution in [0.2, 0.25) is 0 Å². The van der Waals surface area contributed by atoms with Gasteiger partial charge >= 0.3 is 0 Å². The third kappa shape index (κ3) is 1.67. The monoisotopic (exact) mass is 216 g/mol. The van der Waals surface area contributed by atoms with E-state index >= 15 is 0 Å². The molecule has 0 N–H and O–H groups in total. The second kappa shape index (κ2) is 3.33. The van der Waals surface area contributed by atoms with E-state index in [-0.39, 0.29) is 10.3 Å². The Labute approximate surface area is 89.6 Å². The van der Waals surface area contributed by atoms with E-state index in [1.165, 1.54) is 0 Å². The maximum absolute atomic E-state index is 6.50. The largest absolute Gasteiger partial charge is 0.119 e. The molecule has 2 aliphatic rings. The molecule has 0 aromatic rings. The van der Waals surface area contributed by atoms with Crippen molar-refractivity contribution in [2.75, 3.05) is 0 Å². The van der Waals surface area contributed by atoms with Crippen LogP contribution in [0.5, 0.6) is 0 Å². The highest BCUT2D eigenvalue weighted by Gasteiger charge is 2.43. The zero-order valence-corrected chi connectivity index (χ0v) is 9.22. The lowest BCUT2D eigenvalue weighted by Gasteiger charge is -2.33. The van der Waals surface area contributed by atoms with E-state index in [0.29, 0.717) is 11.8 Å². The lowest BCUT2D eigenvalue weighted by atomic mass is 9.82. The molecule has 4 unspecified atom stereocenters. The first-order valence-corrected chi connectivity index (χ1v) is 5.59. The van der Waals surface area contributed by atoms with Gasteiger partial charge in [-0.2, -0.15) is 0 Å². The number of rotatable bonds is 0. The van der Waals surface area contributed by atoms with Gasteiger partial charge in [0.15, 0.2) is 0 Å². The first-order chi connectivity index (χ1) is 6.11. The molecule has 0 aromatic heterocycles. The van der Waals surface area contributed by atoms with Crippen LogP contribution in [0.25, 0.3) is 0 Å². The fourth-order valence-electron chi connectivity index (χ4n) is 2.43. The molecule has 0 aromatic carbocycles. The molecule has 13 heavy (non-hydrogen) atoms. The van der Waals surface area contributed by atoms with Crippen molar-refractivity contribution in [2.24, 2.45) is 11.8 Å². The van der Waals surface area contributed by atoms with Gasteiger partial charge in [-0.25, -0.2) is 0 Å². The Hall–Kier alpha value is 0.0600. The molecule has 0 aliphatic heterocycles. The summed E-state index contributed by atoms with van der Waals surface area (Å²) < 4.78 is 0. The molecule has 4 atom stereocenters.